The number of piperidine rings is 1. The van der Waals surface area contributed by atoms with Gasteiger partial charge in [-0.3, -0.25) is 9.78 Å². The van der Waals surface area contributed by atoms with E-state index in [9.17, 15) is 4.79 Å². The van der Waals surface area contributed by atoms with Crippen molar-refractivity contribution >= 4 is 17.5 Å². The van der Waals surface area contributed by atoms with Gasteiger partial charge in [-0.1, -0.05) is 13.8 Å². The van der Waals surface area contributed by atoms with Crippen molar-refractivity contribution in [3.8, 4) is 11.3 Å². The number of pyridine rings is 1. The first-order valence-electron chi connectivity index (χ1n) is 13.3. The van der Waals surface area contributed by atoms with Gasteiger partial charge in [0, 0.05) is 62.8 Å². The molecule has 196 valence electrons. The quantitative estimate of drug-likeness (QED) is 0.482. The number of carbonyl (C=O) groups excluding carboxylic acids is 1. The van der Waals surface area contributed by atoms with E-state index in [0.29, 0.717) is 23.2 Å². The first-order valence-corrected chi connectivity index (χ1v) is 13.3. The summed E-state index contributed by atoms with van der Waals surface area (Å²) in [7, 11) is 1.59. The second-order valence-electron chi connectivity index (χ2n) is 10.3. The Bertz CT molecular complexity index is 1240. The summed E-state index contributed by atoms with van der Waals surface area (Å²) in [4.78, 5) is 35.3. The van der Waals surface area contributed by atoms with E-state index in [1.54, 1.807) is 7.05 Å². The zero-order valence-corrected chi connectivity index (χ0v) is 22.0. The van der Waals surface area contributed by atoms with Crippen LogP contribution in [0.2, 0.25) is 0 Å². The van der Waals surface area contributed by atoms with E-state index in [2.05, 4.69) is 66.8 Å². The number of anilines is 2. The molecule has 5 rings (SSSR count). The molecule has 10 heteroatoms. The standard InChI is InChI=1S/C27H37N9O/c1-18(2)21-15-20(5-8-30-21)22-16-36(14-13-34-9-4-10-34)25(33-22)19-6-11-35(12-7-19)26-23(27(37)29-3)24(28)31-17-32-26/h5,8,15-19H,4,6-7,9-14H2,1-3H3,(H,29,37)(H2,28,31,32). The third kappa shape index (κ3) is 5.29. The molecule has 3 aromatic heterocycles. The normalized spacial score (nSPS) is 16.7. The molecule has 10 nitrogen and oxygen atoms in total. The number of nitrogens with one attached hydrogen (secondary N) is 1. The molecular formula is C27H37N9O. The molecule has 2 fully saturated rings. The van der Waals surface area contributed by atoms with E-state index >= 15 is 0 Å². The number of hydrogen-bond donors (Lipinski definition) is 2. The lowest BCUT2D eigenvalue weighted by Crippen LogP contribution is -2.39. The maximum Gasteiger partial charge on any atom is 0.258 e. The fourth-order valence-corrected chi connectivity index (χ4v) is 5.17. The maximum atomic E-state index is 12.5. The minimum Gasteiger partial charge on any atom is -0.383 e. The van der Waals surface area contributed by atoms with Crippen LogP contribution in [0.15, 0.2) is 30.9 Å². The minimum atomic E-state index is -0.264. The Hall–Kier alpha value is -3.53. The highest BCUT2D eigenvalue weighted by Crippen LogP contribution is 2.33. The Labute approximate surface area is 218 Å². The summed E-state index contributed by atoms with van der Waals surface area (Å²) in [5.41, 5.74) is 9.60. The Kier molecular flexibility index (Phi) is 7.36. The molecule has 5 heterocycles. The third-order valence-corrected chi connectivity index (χ3v) is 7.55. The zero-order valence-electron chi connectivity index (χ0n) is 22.0. The average Bonchev–Trinajstić information content (AvgIpc) is 3.31. The van der Waals surface area contributed by atoms with Crippen molar-refractivity contribution in [2.24, 2.45) is 0 Å². The molecule has 3 aromatic rings. The molecule has 0 aromatic carbocycles. The second-order valence-corrected chi connectivity index (χ2v) is 10.3. The molecule has 0 aliphatic carbocycles. The lowest BCUT2D eigenvalue weighted by molar-refractivity contribution is 0.0963. The van der Waals surface area contributed by atoms with Crippen LogP contribution in [0, 0.1) is 0 Å². The molecule has 2 aliphatic rings. The molecule has 2 aliphatic heterocycles. The molecule has 2 saturated heterocycles. The van der Waals surface area contributed by atoms with Gasteiger partial charge in [0.25, 0.3) is 5.91 Å². The van der Waals surface area contributed by atoms with Crippen LogP contribution in [-0.2, 0) is 6.54 Å². The van der Waals surface area contributed by atoms with Gasteiger partial charge in [0.1, 0.15) is 29.4 Å². The van der Waals surface area contributed by atoms with Crippen molar-refractivity contribution in [1.82, 2.24) is 34.7 Å². The zero-order chi connectivity index (χ0) is 25.9. The summed E-state index contributed by atoms with van der Waals surface area (Å²) in [6.07, 6.45) is 8.67. The van der Waals surface area contributed by atoms with Crippen LogP contribution in [-0.4, -0.2) is 75.1 Å². The first-order chi connectivity index (χ1) is 17.9. The number of hydrogen-bond acceptors (Lipinski definition) is 8. The van der Waals surface area contributed by atoms with Crippen LogP contribution in [0.4, 0.5) is 11.6 Å². The summed E-state index contributed by atoms with van der Waals surface area (Å²) in [5, 5.41) is 2.66. The van der Waals surface area contributed by atoms with Crippen LogP contribution in [0.25, 0.3) is 11.3 Å². The number of likely N-dealkylation sites (tertiary alicyclic amines) is 1. The largest absolute Gasteiger partial charge is 0.383 e. The van der Waals surface area contributed by atoms with Gasteiger partial charge in [-0.2, -0.15) is 0 Å². The molecule has 0 unspecified atom stereocenters. The van der Waals surface area contributed by atoms with Crippen LogP contribution in [0.1, 0.15) is 66.8 Å². The Morgan fingerprint density at radius 3 is 2.59 bits per heavy atom. The van der Waals surface area contributed by atoms with Crippen molar-refractivity contribution in [2.45, 2.75) is 51.5 Å². The smallest absolute Gasteiger partial charge is 0.258 e. The lowest BCUT2D eigenvalue weighted by Gasteiger charge is -2.34. The molecule has 0 radical (unpaired) electrons. The van der Waals surface area contributed by atoms with Crippen LogP contribution in [0.5, 0.6) is 0 Å². The number of amides is 1. The molecular weight excluding hydrogens is 466 g/mol. The van der Waals surface area contributed by atoms with Crippen LogP contribution < -0.4 is 16.0 Å². The van der Waals surface area contributed by atoms with E-state index in [1.165, 1.54) is 25.8 Å². The van der Waals surface area contributed by atoms with Gasteiger partial charge >= 0.3 is 0 Å². The lowest BCUT2D eigenvalue weighted by atomic mass is 9.95. The predicted molar refractivity (Wildman–Crippen MR) is 145 cm³/mol. The van der Waals surface area contributed by atoms with Crippen molar-refractivity contribution in [2.75, 3.05) is 50.4 Å². The molecule has 1 amide bonds. The highest BCUT2D eigenvalue weighted by molar-refractivity contribution is 6.02. The van der Waals surface area contributed by atoms with Gasteiger partial charge in [0.05, 0.1) is 5.69 Å². The minimum absolute atomic E-state index is 0.204. The number of aromatic nitrogens is 5. The van der Waals surface area contributed by atoms with Crippen molar-refractivity contribution in [3.05, 3.63) is 47.9 Å². The summed E-state index contributed by atoms with van der Waals surface area (Å²) in [6.45, 7) is 10.2. The van der Waals surface area contributed by atoms with Gasteiger partial charge in [-0.05, 0) is 50.4 Å². The Balaban J connectivity index is 1.38. The monoisotopic (exact) mass is 503 g/mol. The Morgan fingerprint density at radius 2 is 1.92 bits per heavy atom. The van der Waals surface area contributed by atoms with Crippen LogP contribution >= 0.6 is 0 Å². The van der Waals surface area contributed by atoms with E-state index < -0.39 is 0 Å². The summed E-state index contributed by atoms with van der Waals surface area (Å²) >= 11 is 0. The highest BCUT2D eigenvalue weighted by Gasteiger charge is 2.29. The number of nitrogen functional groups attached to an aromatic ring is 1. The van der Waals surface area contributed by atoms with Gasteiger partial charge in [0.2, 0.25) is 0 Å². The summed E-state index contributed by atoms with van der Waals surface area (Å²) < 4.78 is 2.36. The molecule has 3 N–H and O–H groups in total. The molecule has 37 heavy (non-hydrogen) atoms. The van der Waals surface area contributed by atoms with E-state index in [-0.39, 0.29) is 11.7 Å². The number of nitrogens with zero attached hydrogens (tertiary/aromatic N) is 7. The number of rotatable bonds is 8. The molecule has 0 spiro atoms. The number of nitrogens with two attached hydrogens (primary N) is 1. The van der Waals surface area contributed by atoms with Crippen molar-refractivity contribution < 1.29 is 4.79 Å². The van der Waals surface area contributed by atoms with Gasteiger partial charge < -0.3 is 25.4 Å². The maximum absolute atomic E-state index is 12.5. The van der Waals surface area contributed by atoms with E-state index in [0.717, 1.165) is 61.8 Å². The van der Waals surface area contributed by atoms with Gasteiger partial charge in [-0.25, -0.2) is 15.0 Å². The highest BCUT2D eigenvalue weighted by atomic mass is 16.1. The SMILES string of the molecule is CNC(=O)c1c(N)ncnc1N1CCC(c2nc(-c3ccnc(C(C)C)c3)cn2CCN2CCC2)CC1. The molecule has 0 atom stereocenters. The van der Waals surface area contributed by atoms with Crippen molar-refractivity contribution in [3.63, 3.8) is 0 Å². The van der Waals surface area contributed by atoms with Crippen LogP contribution in [0.3, 0.4) is 0 Å². The van der Waals surface area contributed by atoms with Gasteiger partial charge in [0.15, 0.2) is 0 Å². The molecule has 0 bridgehead atoms. The summed E-state index contributed by atoms with van der Waals surface area (Å²) in [6, 6.07) is 4.22. The molecule has 0 saturated carbocycles. The summed E-state index contributed by atoms with van der Waals surface area (Å²) in [5.74, 6) is 2.38. The van der Waals surface area contributed by atoms with Crippen molar-refractivity contribution in [1.29, 1.82) is 0 Å². The topological polar surface area (TPSA) is 118 Å². The second kappa shape index (κ2) is 10.8. The number of carbonyl (C=O) groups is 1. The average molecular weight is 504 g/mol. The number of imidazole rings is 1. The van der Waals surface area contributed by atoms with Gasteiger partial charge in [-0.15, -0.1) is 0 Å². The predicted octanol–water partition coefficient (Wildman–Crippen LogP) is 2.89. The third-order valence-electron chi connectivity index (χ3n) is 7.55. The fraction of sp³-hybridized carbons (Fsp3) is 0.519. The van der Waals surface area contributed by atoms with E-state index in [4.69, 9.17) is 10.7 Å². The van der Waals surface area contributed by atoms with E-state index in [1.807, 2.05) is 6.20 Å². The Morgan fingerprint density at radius 1 is 1.14 bits per heavy atom. The first kappa shape index (κ1) is 25.1. The fourth-order valence-electron chi connectivity index (χ4n) is 5.17.